The van der Waals surface area contributed by atoms with Crippen LogP contribution in [0.4, 0.5) is 8.78 Å². The second-order valence-electron chi connectivity index (χ2n) is 9.97. The zero-order valence-corrected chi connectivity index (χ0v) is 19.0. The molecule has 5 rings (SSSR count). The van der Waals surface area contributed by atoms with Gasteiger partial charge in [-0.1, -0.05) is 43.2 Å². The molecule has 2 heterocycles. The Hall–Kier alpha value is -2.76. The van der Waals surface area contributed by atoms with Gasteiger partial charge in [-0.05, 0) is 49.4 Å². The van der Waals surface area contributed by atoms with Crippen molar-refractivity contribution in [2.75, 3.05) is 20.1 Å². The lowest BCUT2D eigenvalue weighted by molar-refractivity contribution is -0.142. The standard InChI is InChI=1S/C27H30F2N2O2/c1-30-24(32)12-7-15-27(30)18-31(17-22(27)19-8-6-9-20(28)16-19)25(33)26(13-4-5-14-26)21-10-2-3-11-23(21)29/h2-3,6,8-11,16,22H,4-5,7,12-15,17-18H2,1H3/t22-,27+/m0/s1. The van der Waals surface area contributed by atoms with Gasteiger partial charge in [-0.3, -0.25) is 9.59 Å². The van der Waals surface area contributed by atoms with Gasteiger partial charge in [0.2, 0.25) is 11.8 Å². The molecular weight excluding hydrogens is 422 g/mol. The maximum absolute atomic E-state index is 14.9. The minimum atomic E-state index is -0.874. The van der Waals surface area contributed by atoms with Crippen LogP contribution in [0.2, 0.25) is 0 Å². The Labute approximate surface area is 193 Å². The van der Waals surface area contributed by atoms with Crippen LogP contribution in [0.25, 0.3) is 0 Å². The highest BCUT2D eigenvalue weighted by Gasteiger charge is 2.56. The summed E-state index contributed by atoms with van der Waals surface area (Å²) in [5, 5.41) is 0. The van der Waals surface area contributed by atoms with Crippen molar-refractivity contribution in [3.8, 4) is 0 Å². The summed E-state index contributed by atoms with van der Waals surface area (Å²) in [6.07, 6.45) is 4.99. The Morgan fingerprint density at radius 2 is 1.76 bits per heavy atom. The van der Waals surface area contributed by atoms with E-state index < -0.39 is 11.0 Å². The van der Waals surface area contributed by atoms with Crippen LogP contribution in [0.5, 0.6) is 0 Å². The lowest BCUT2D eigenvalue weighted by Crippen LogP contribution is -2.57. The van der Waals surface area contributed by atoms with E-state index in [-0.39, 0.29) is 29.4 Å². The van der Waals surface area contributed by atoms with Gasteiger partial charge in [0, 0.05) is 38.0 Å². The van der Waals surface area contributed by atoms with Gasteiger partial charge in [0.25, 0.3) is 0 Å². The highest BCUT2D eigenvalue weighted by molar-refractivity contribution is 5.89. The molecule has 1 saturated carbocycles. The van der Waals surface area contributed by atoms with E-state index in [0.29, 0.717) is 37.9 Å². The summed E-state index contributed by atoms with van der Waals surface area (Å²) in [6.45, 7) is 0.793. The topological polar surface area (TPSA) is 40.6 Å². The molecule has 3 aliphatic rings. The van der Waals surface area contributed by atoms with Gasteiger partial charge < -0.3 is 9.80 Å². The SMILES string of the molecule is CN1C(=O)CCC[C@]12CN(C(=O)C1(c3ccccc3F)CCCC1)C[C@H]2c1cccc(F)c1. The zero-order chi connectivity index (χ0) is 23.2. The molecule has 3 fully saturated rings. The van der Waals surface area contributed by atoms with Crippen LogP contribution in [0.3, 0.4) is 0 Å². The number of hydrogen-bond acceptors (Lipinski definition) is 2. The van der Waals surface area contributed by atoms with Crippen LogP contribution < -0.4 is 0 Å². The molecule has 0 bridgehead atoms. The number of likely N-dealkylation sites (N-methyl/N-ethyl adjacent to an activating group) is 1. The van der Waals surface area contributed by atoms with E-state index in [1.54, 1.807) is 29.2 Å². The van der Waals surface area contributed by atoms with Crippen molar-refractivity contribution in [1.29, 1.82) is 0 Å². The third kappa shape index (κ3) is 3.46. The molecule has 0 radical (unpaired) electrons. The Bertz CT molecular complexity index is 1080. The van der Waals surface area contributed by atoms with Crippen LogP contribution in [-0.4, -0.2) is 47.3 Å². The second kappa shape index (κ2) is 8.23. The number of nitrogens with zero attached hydrogens (tertiary/aromatic N) is 2. The zero-order valence-electron chi connectivity index (χ0n) is 19.0. The number of halogens is 2. The number of likely N-dealkylation sites (tertiary alicyclic amines) is 2. The molecule has 0 N–H and O–H groups in total. The number of carbonyl (C=O) groups excluding carboxylic acids is 2. The van der Waals surface area contributed by atoms with Gasteiger partial charge in [-0.15, -0.1) is 0 Å². The van der Waals surface area contributed by atoms with Gasteiger partial charge in [-0.25, -0.2) is 8.78 Å². The Morgan fingerprint density at radius 1 is 1.00 bits per heavy atom. The molecule has 2 saturated heterocycles. The molecule has 2 aromatic carbocycles. The fourth-order valence-corrected chi connectivity index (χ4v) is 6.64. The fourth-order valence-electron chi connectivity index (χ4n) is 6.64. The minimum Gasteiger partial charge on any atom is -0.339 e. The molecule has 2 amide bonds. The van der Waals surface area contributed by atoms with Crippen molar-refractivity contribution in [2.45, 2.75) is 61.8 Å². The van der Waals surface area contributed by atoms with Gasteiger partial charge in [0.15, 0.2) is 0 Å². The lowest BCUT2D eigenvalue weighted by Gasteiger charge is -2.46. The molecule has 0 unspecified atom stereocenters. The number of hydrogen-bond donors (Lipinski definition) is 0. The summed E-state index contributed by atoms with van der Waals surface area (Å²) in [5.41, 5.74) is -0.170. The Balaban J connectivity index is 1.56. The van der Waals surface area contributed by atoms with Crippen molar-refractivity contribution >= 4 is 11.8 Å². The van der Waals surface area contributed by atoms with Gasteiger partial charge in [-0.2, -0.15) is 0 Å². The monoisotopic (exact) mass is 452 g/mol. The number of benzene rings is 2. The van der Waals surface area contributed by atoms with Crippen LogP contribution in [0.15, 0.2) is 48.5 Å². The molecule has 2 atom stereocenters. The summed E-state index contributed by atoms with van der Waals surface area (Å²) >= 11 is 0. The van der Waals surface area contributed by atoms with E-state index in [9.17, 15) is 18.4 Å². The first kappa shape index (κ1) is 22.1. The third-order valence-corrected chi connectivity index (χ3v) is 8.35. The highest BCUT2D eigenvalue weighted by atomic mass is 19.1. The second-order valence-corrected chi connectivity index (χ2v) is 9.97. The Kier molecular flexibility index (Phi) is 5.50. The first-order valence-corrected chi connectivity index (χ1v) is 11.9. The van der Waals surface area contributed by atoms with E-state index in [4.69, 9.17) is 0 Å². The molecule has 6 heteroatoms. The summed E-state index contributed by atoms with van der Waals surface area (Å²) in [7, 11) is 1.81. The molecule has 4 nitrogen and oxygen atoms in total. The molecule has 33 heavy (non-hydrogen) atoms. The van der Waals surface area contributed by atoms with Gasteiger partial charge in [0.1, 0.15) is 11.6 Å². The predicted molar refractivity (Wildman–Crippen MR) is 122 cm³/mol. The van der Waals surface area contributed by atoms with Crippen molar-refractivity contribution in [2.24, 2.45) is 0 Å². The van der Waals surface area contributed by atoms with Crippen molar-refractivity contribution < 1.29 is 18.4 Å². The fraction of sp³-hybridized carbons (Fsp3) is 0.481. The predicted octanol–water partition coefficient (Wildman–Crippen LogP) is 4.78. The van der Waals surface area contributed by atoms with Gasteiger partial charge >= 0.3 is 0 Å². The van der Waals surface area contributed by atoms with E-state index in [1.807, 2.05) is 18.0 Å². The van der Waals surface area contributed by atoms with Crippen LogP contribution in [0.1, 0.15) is 62.0 Å². The quantitative estimate of drug-likeness (QED) is 0.672. The molecule has 174 valence electrons. The molecule has 1 aliphatic carbocycles. The number of carbonyl (C=O) groups is 2. The summed E-state index contributed by atoms with van der Waals surface area (Å²) < 4.78 is 29.1. The van der Waals surface area contributed by atoms with Gasteiger partial charge in [0.05, 0.1) is 11.0 Å². The third-order valence-electron chi connectivity index (χ3n) is 8.35. The van der Waals surface area contributed by atoms with Crippen molar-refractivity contribution in [3.63, 3.8) is 0 Å². The first-order chi connectivity index (χ1) is 15.9. The summed E-state index contributed by atoms with van der Waals surface area (Å²) in [4.78, 5) is 30.6. The number of rotatable bonds is 3. The Morgan fingerprint density at radius 3 is 2.48 bits per heavy atom. The average Bonchev–Trinajstić information content (AvgIpc) is 3.44. The van der Waals surface area contributed by atoms with Crippen LogP contribution in [0, 0.1) is 11.6 Å². The van der Waals surface area contributed by atoms with E-state index >= 15 is 0 Å². The number of piperidine rings is 1. The lowest BCUT2D eigenvalue weighted by atomic mass is 9.75. The minimum absolute atomic E-state index is 0.0571. The molecular formula is C27H30F2N2O2. The van der Waals surface area contributed by atoms with E-state index in [1.165, 1.54) is 18.2 Å². The average molecular weight is 453 g/mol. The van der Waals surface area contributed by atoms with E-state index in [2.05, 4.69) is 0 Å². The molecule has 2 aliphatic heterocycles. The largest absolute Gasteiger partial charge is 0.339 e. The highest BCUT2D eigenvalue weighted by Crippen LogP contribution is 2.49. The summed E-state index contributed by atoms with van der Waals surface area (Å²) in [6, 6.07) is 13.1. The normalized spacial score (nSPS) is 26.9. The molecule has 2 aromatic rings. The number of amides is 2. The maximum Gasteiger partial charge on any atom is 0.233 e. The molecule has 0 aromatic heterocycles. The maximum atomic E-state index is 14.9. The first-order valence-electron chi connectivity index (χ1n) is 11.9. The van der Waals surface area contributed by atoms with Crippen molar-refractivity contribution in [3.05, 3.63) is 71.3 Å². The van der Waals surface area contributed by atoms with Crippen molar-refractivity contribution in [1.82, 2.24) is 9.80 Å². The summed E-state index contributed by atoms with van der Waals surface area (Å²) in [5.74, 6) is -0.856. The van der Waals surface area contributed by atoms with Crippen LogP contribution >= 0.6 is 0 Å². The smallest absolute Gasteiger partial charge is 0.233 e. The molecule has 1 spiro atoms. The van der Waals surface area contributed by atoms with E-state index in [0.717, 1.165) is 31.2 Å². The van der Waals surface area contributed by atoms with Crippen LogP contribution in [-0.2, 0) is 15.0 Å².